The number of aliphatic hydroxyl groups excluding tert-OH is 5. The number of unbranched alkanes of at least 4 members (excludes halogenated alkanes) is 7. The summed E-state index contributed by atoms with van der Waals surface area (Å²) >= 11 is 0. The molecule has 0 aliphatic carbocycles. The van der Waals surface area contributed by atoms with E-state index in [1.165, 1.54) is 51.9 Å². The summed E-state index contributed by atoms with van der Waals surface area (Å²) in [5, 5.41) is 40.7. The van der Waals surface area contributed by atoms with Crippen molar-refractivity contribution in [2.75, 3.05) is 39.6 Å². The molecule has 7 heteroatoms. The lowest BCUT2D eigenvalue weighted by Gasteiger charge is -2.03. The van der Waals surface area contributed by atoms with E-state index in [9.17, 15) is 0 Å². The van der Waals surface area contributed by atoms with Gasteiger partial charge in [-0.1, -0.05) is 88.3 Å². The molecule has 0 heterocycles. The molecular formula is C29H50O7. The second-order valence-electron chi connectivity index (χ2n) is 8.02. The zero-order valence-electron chi connectivity index (χ0n) is 22.3. The van der Waals surface area contributed by atoms with Gasteiger partial charge in [0.25, 0.3) is 0 Å². The van der Waals surface area contributed by atoms with Gasteiger partial charge in [-0.2, -0.15) is 0 Å². The molecule has 0 saturated heterocycles. The average molecular weight is 511 g/mol. The van der Waals surface area contributed by atoms with Gasteiger partial charge in [-0.05, 0) is 37.6 Å². The van der Waals surface area contributed by atoms with E-state index in [4.69, 9.17) is 30.3 Å². The molecule has 2 aromatic rings. The van der Waals surface area contributed by atoms with Crippen LogP contribution in [0.3, 0.4) is 0 Å². The monoisotopic (exact) mass is 510 g/mol. The summed E-state index contributed by atoms with van der Waals surface area (Å²) in [5.41, 5.74) is 0. The van der Waals surface area contributed by atoms with Gasteiger partial charge < -0.3 is 35.0 Å². The van der Waals surface area contributed by atoms with Crippen LogP contribution < -0.4 is 4.74 Å². The van der Waals surface area contributed by atoms with Crippen molar-refractivity contribution >= 4 is 0 Å². The van der Waals surface area contributed by atoms with Gasteiger partial charge in [0.2, 0.25) is 0 Å². The number of hydrogen-bond acceptors (Lipinski definition) is 7. The van der Waals surface area contributed by atoms with Crippen molar-refractivity contribution in [2.45, 2.75) is 71.3 Å². The van der Waals surface area contributed by atoms with Crippen LogP contribution in [0.2, 0.25) is 0 Å². The molecular weight excluding hydrogens is 460 g/mol. The van der Waals surface area contributed by atoms with E-state index >= 15 is 0 Å². The topological polar surface area (TPSA) is 120 Å². The van der Waals surface area contributed by atoms with Crippen LogP contribution in [0.25, 0.3) is 0 Å². The highest BCUT2D eigenvalue weighted by Gasteiger charge is 1.92. The Labute approximate surface area is 218 Å². The molecule has 0 saturated carbocycles. The number of benzene rings is 2. The Hall–Kier alpha value is -2.00. The van der Waals surface area contributed by atoms with Crippen LogP contribution in [-0.4, -0.2) is 71.3 Å². The Morgan fingerprint density at radius 1 is 0.611 bits per heavy atom. The highest BCUT2D eigenvalue weighted by Crippen LogP contribution is 2.19. The molecule has 2 aromatic carbocycles. The van der Waals surface area contributed by atoms with Crippen LogP contribution in [0.4, 0.5) is 0 Å². The molecule has 0 aliphatic rings. The molecule has 0 aliphatic heterocycles. The summed E-state index contributed by atoms with van der Waals surface area (Å²) < 4.78 is 10.2. The smallest absolute Gasteiger partial charge is 0.127 e. The van der Waals surface area contributed by atoms with Crippen LogP contribution in [0, 0.1) is 0 Å². The first-order chi connectivity index (χ1) is 17.5. The van der Waals surface area contributed by atoms with Crippen LogP contribution in [-0.2, 0) is 4.74 Å². The van der Waals surface area contributed by atoms with E-state index < -0.39 is 6.10 Å². The summed E-state index contributed by atoms with van der Waals surface area (Å²) in [5.74, 6) is 1.74. The van der Waals surface area contributed by atoms with Gasteiger partial charge in [-0.3, -0.25) is 0 Å². The zero-order valence-corrected chi connectivity index (χ0v) is 22.3. The predicted octanol–water partition coefficient (Wildman–Crippen LogP) is 4.95. The number of hydrogen-bond donors (Lipinski definition) is 5. The average Bonchev–Trinajstić information content (AvgIpc) is 2.91. The lowest BCUT2D eigenvalue weighted by atomic mass is 10.1. The van der Waals surface area contributed by atoms with Crippen LogP contribution in [0.15, 0.2) is 60.7 Å². The van der Waals surface area contributed by atoms with E-state index in [1.54, 1.807) is 0 Å². The first kappa shape index (κ1) is 36.2. The molecule has 1 unspecified atom stereocenters. The fraction of sp³-hybridized carbons (Fsp3) is 0.586. The summed E-state index contributed by atoms with van der Waals surface area (Å²) in [6.45, 7) is 4.70. The Morgan fingerprint density at radius 2 is 1.00 bits per heavy atom. The minimum Gasteiger partial charge on any atom is -0.457 e. The molecule has 0 aromatic heterocycles. The first-order valence-electron chi connectivity index (χ1n) is 13.0. The molecule has 0 fully saturated rings. The van der Waals surface area contributed by atoms with Gasteiger partial charge in [0, 0.05) is 6.61 Å². The summed E-state index contributed by atoms with van der Waals surface area (Å²) in [6, 6.07) is 19.5. The summed E-state index contributed by atoms with van der Waals surface area (Å²) in [6.07, 6.45) is 9.82. The third kappa shape index (κ3) is 30.0. The molecule has 5 N–H and O–H groups in total. The van der Waals surface area contributed by atoms with E-state index in [-0.39, 0.29) is 19.8 Å². The minimum atomic E-state index is -0.560. The largest absolute Gasteiger partial charge is 0.457 e. The SMILES string of the molecule is CC(O)CO.CCCCCCCCCCO.OCCOCCO.c1ccc(Oc2ccccc2)cc1. The molecule has 0 spiro atoms. The predicted molar refractivity (Wildman–Crippen MR) is 146 cm³/mol. The number of para-hydroxylation sites is 2. The van der Waals surface area contributed by atoms with Gasteiger partial charge in [-0.15, -0.1) is 0 Å². The Balaban J connectivity index is 0. The number of aliphatic hydroxyl groups is 5. The van der Waals surface area contributed by atoms with Gasteiger partial charge in [-0.25, -0.2) is 0 Å². The lowest BCUT2D eigenvalue weighted by Crippen LogP contribution is -2.03. The summed E-state index contributed by atoms with van der Waals surface area (Å²) in [7, 11) is 0. The normalized spacial score (nSPS) is 10.5. The van der Waals surface area contributed by atoms with Crippen molar-refractivity contribution in [3.63, 3.8) is 0 Å². The summed E-state index contributed by atoms with van der Waals surface area (Å²) in [4.78, 5) is 0. The molecule has 2 rings (SSSR count). The van der Waals surface area contributed by atoms with Gasteiger partial charge in [0.1, 0.15) is 11.5 Å². The fourth-order valence-electron chi connectivity index (χ4n) is 2.59. The van der Waals surface area contributed by atoms with Crippen molar-refractivity contribution in [3.8, 4) is 11.5 Å². The van der Waals surface area contributed by atoms with E-state index in [1.807, 2.05) is 60.7 Å². The first-order valence-corrected chi connectivity index (χ1v) is 13.0. The zero-order chi connectivity index (χ0) is 27.1. The van der Waals surface area contributed by atoms with Crippen molar-refractivity contribution in [3.05, 3.63) is 60.7 Å². The highest BCUT2D eigenvalue weighted by atomic mass is 16.5. The molecule has 0 amide bonds. The Kier molecular flexibility index (Phi) is 31.2. The van der Waals surface area contributed by atoms with Crippen molar-refractivity contribution in [1.29, 1.82) is 0 Å². The van der Waals surface area contributed by atoms with Crippen LogP contribution in [0.1, 0.15) is 65.2 Å². The molecule has 7 nitrogen and oxygen atoms in total. The van der Waals surface area contributed by atoms with E-state index in [0.717, 1.165) is 17.9 Å². The van der Waals surface area contributed by atoms with Gasteiger partial charge >= 0.3 is 0 Å². The van der Waals surface area contributed by atoms with Crippen molar-refractivity contribution in [2.24, 2.45) is 0 Å². The van der Waals surface area contributed by atoms with Crippen molar-refractivity contribution < 1.29 is 35.0 Å². The standard InChI is InChI=1S/C12H10O.C10H22O.C4H10O3.C3H8O2/c1-3-7-11(8-4-1)13-12-9-5-2-6-10-12;1-2-3-4-5-6-7-8-9-10-11;5-1-3-7-4-2-6;1-3(5)2-4/h1-10H;11H,2-10H2,1H3;5-6H,1-4H2;3-5H,2H2,1H3. The molecule has 208 valence electrons. The minimum absolute atomic E-state index is 0.0278. The van der Waals surface area contributed by atoms with Gasteiger partial charge in [0.15, 0.2) is 0 Å². The lowest BCUT2D eigenvalue weighted by molar-refractivity contribution is 0.0650. The maximum atomic E-state index is 8.51. The third-order valence-corrected chi connectivity index (χ3v) is 4.47. The van der Waals surface area contributed by atoms with Crippen molar-refractivity contribution in [1.82, 2.24) is 0 Å². The highest BCUT2D eigenvalue weighted by molar-refractivity contribution is 5.30. The molecule has 0 bridgehead atoms. The Morgan fingerprint density at radius 3 is 1.33 bits per heavy atom. The molecule has 36 heavy (non-hydrogen) atoms. The van der Waals surface area contributed by atoms with Gasteiger partial charge in [0.05, 0.1) is 39.1 Å². The van der Waals surface area contributed by atoms with E-state index in [0.29, 0.717) is 19.8 Å². The second kappa shape index (κ2) is 31.0. The fourth-order valence-corrected chi connectivity index (χ4v) is 2.59. The van der Waals surface area contributed by atoms with E-state index in [2.05, 4.69) is 11.7 Å². The van der Waals surface area contributed by atoms with Crippen LogP contribution in [0.5, 0.6) is 11.5 Å². The quantitative estimate of drug-likeness (QED) is 0.215. The third-order valence-electron chi connectivity index (χ3n) is 4.47. The maximum absolute atomic E-state index is 8.51. The number of rotatable bonds is 15. The second-order valence-corrected chi connectivity index (χ2v) is 8.02. The number of ether oxygens (including phenoxy) is 2. The Bertz CT molecular complexity index is 575. The van der Waals surface area contributed by atoms with Crippen LogP contribution >= 0.6 is 0 Å². The molecule has 0 radical (unpaired) electrons. The molecule has 1 atom stereocenters. The maximum Gasteiger partial charge on any atom is 0.127 e.